The van der Waals surface area contributed by atoms with Gasteiger partial charge >= 0.3 is 0 Å². The molecule has 102 valence electrons. The first-order valence-corrected chi connectivity index (χ1v) is 7.30. The van der Waals surface area contributed by atoms with E-state index in [1.54, 1.807) is 0 Å². The average Bonchev–Trinajstić information content (AvgIpc) is 3.01. The Labute approximate surface area is 114 Å². The van der Waals surface area contributed by atoms with Gasteiger partial charge in [-0.15, -0.1) is 0 Å². The van der Waals surface area contributed by atoms with Crippen molar-refractivity contribution in [2.24, 2.45) is 23.5 Å². The summed E-state index contributed by atoms with van der Waals surface area (Å²) in [4.78, 5) is 12.3. The number of anilines is 1. The van der Waals surface area contributed by atoms with Gasteiger partial charge in [0.05, 0.1) is 0 Å². The molecule has 2 saturated carbocycles. The van der Waals surface area contributed by atoms with E-state index in [9.17, 15) is 4.79 Å². The average molecular weight is 258 g/mol. The zero-order chi connectivity index (χ0) is 13.4. The van der Waals surface area contributed by atoms with Gasteiger partial charge in [0, 0.05) is 17.6 Å². The fraction of sp³-hybridized carbons (Fsp3) is 0.562. The van der Waals surface area contributed by atoms with Crippen LogP contribution in [0.5, 0.6) is 0 Å². The molecular formula is C16H22N2O. The summed E-state index contributed by atoms with van der Waals surface area (Å²) in [5.41, 5.74) is 7.81. The largest absolute Gasteiger partial charge is 0.326 e. The molecule has 1 amide bonds. The highest BCUT2D eigenvalue weighted by Crippen LogP contribution is 2.48. The molecule has 2 fully saturated rings. The summed E-state index contributed by atoms with van der Waals surface area (Å²) in [5, 5.41) is 3.07. The molecule has 0 spiro atoms. The minimum absolute atomic E-state index is 0.000606. The Bertz CT molecular complexity index is 483. The second kappa shape index (κ2) is 4.97. The summed E-state index contributed by atoms with van der Waals surface area (Å²) in [6, 6.07) is 7.87. The van der Waals surface area contributed by atoms with Crippen molar-refractivity contribution in [2.75, 3.05) is 5.32 Å². The van der Waals surface area contributed by atoms with Gasteiger partial charge in [0.15, 0.2) is 0 Å². The van der Waals surface area contributed by atoms with Gasteiger partial charge in [-0.2, -0.15) is 0 Å². The summed E-state index contributed by atoms with van der Waals surface area (Å²) in [6.07, 6.45) is 4.92. The van der Waals surface area contributed by atoms with Crippen molar-refractivity contribution in [1.82, 2.24) is 0 Å². The zero-order valence-electron chi connectivity index (χ0n) is 11.4. The van der Waals surface area contributed by atoms with Gasteiger partial charge in [-0.25, -0.2) is 0 Å². The highest BCUT2D eigenvalue weighted by molar-refractivity contribution is 5.93. The summed E-state index contributed by atoms with van der Waals surface area (Å²) in [7, 11) is 0. The predicted octanol–water partition coefficient (Wildman–Crippen LogP) is 3.08. The number of rotatable bonds is 3. The van der Waals surface area contributed by atoms with Crippen LogP contribution in [-0.4, -0.2) is 5.91 Å². The van der Waals surface area contributed by atoms with Crippen LogP contribution in [-0.2, 0) is 4.79 Å². The van der Waals surface area contributed by atoms with E-state index in [1.165, 1.54) is 19.3 Å². The van der Waals surface area contributed by atoms with Crippen molar-refractivity contribution in [1.29, 1.82) is 0 Å². The Hall–Kier alpha value is -1.35. The van der Waals surface area contributed by atoms with Crippen molar-refractivity contribution in [3.8, 4) is 0 Å². The van der Waals surface area contributed by atoms with Gasteiger partial charge in [-0.05, 0) is 55.7 Å². The molecule has 1 aromatic carbocycles. The zero-order valence-corrected chi connectivity index (χ0v) is 11.4. The maximum Gasteiger partial charge on any atom is 0.227 e. The number of nitrogens with two attached hydrogens (primary N) is 1. The lowest BCUT2D eigenvalue weighted by molar-refractivity contribution is -0.121. The predicted molar refractivity (Wildman–Crippen MR) is 76.6 cm³/mol. The lowest BCUT2D eigenvalue weighted by atomic mass is 9.88. The van der Waals surface area contributed by atoms with Gasteiger partial charge in [0.2, 0.25) is 5.91 Å². The molecule has 2 aliphatic rings. The van der Waals surface area contributed by atoms with Crippen LogP contribution in [0.1, 0.15) is 44.2 Å². The number of carbonyl (C=O) groups excluding carboxylic acids is 1. The summed E-state index contributed by atoms with van der Waals surface area (Å²) in [5.74, 6) is 1.87. The van der Waals surface area contributed by atoms with Crippen LogP contribution in [0.3, 0.4) is 0 Å². The summed E-state index contributed by atoms with van der Waals surface area (Å²) in [6.45, 7) is 1.96. The highest BCUT2D eigenvalue weighted by atomic mass is 16.1. The minimum Gasteiger partial charge on any atom is -0.326 e. The standard InChI is InChI=1S/C16H22N2O/c1-10(17)12-3-2-4-14(9-12)18-16(19)15-8-11-5-6-13(15)7-11/h2-4,9-11,13,15H,5-8,17H2,1H3,(H,18,19). The van der Waals surface area contributed by atoms with E-state index < -0.39 is 0 Å². The number of carbonyl (C=O) groups is 1. The van der Waals surface area contributed by atoms with Crippen LogP contribution in [0.2, 0.25) is 0 Å². The lowest BCUT2D eigenvalue weighted by Gasteiger charge is -2.21. The summed E-state index contributed by atoms with van der Waals surface area (Å²) < 4.78 is 0. The number of hydrogen-bond acceptors (Lipinski definition) is 2. The molecule has 2 bridgehead atoms. The first kappa shape index (κ1) is 12.7. The molecular weight excluding hydrogens is 236 g/mol. The quantitative estimate of drug-likeness (QED) is 0.875. The van der Waals surface area contributed by atoms with Gasteiger partial charge in [0.1, 0.15) is 0 Å². The van der Waals surface area contributed by atoms with Crippen LogP contribution >= 0.6 is 0 Å². The van der Waals surface area contributed by atoms with Crippen LogP contribution < -0.4 is 11.1 Å². The number of nitrogens with one attached hydrogen (secondary N) is 1. The Morgan fingerprint density at radius 1 is 1.37 bits per heavy atom. The van der Waals surface area contributed by atoms with Crippen LogP contribution in [0, 0.1) is 17.8 Å². The first-order valence-electron chi connectivity index (χ1n) is 7.30. The molecule has 0 aromatic heterocycles. The Balaban J connectivity index is 1.68. The fourth-order valence-corrected chi connectivity index (χ4v) is 3.70. The molecule has 4 atom stereocenters. The highest BCUT2D eigenvalue weighted by Gasteiger charge is 2.42. The van der Waals surface area contributed by atoms with E-state index in [-0.39, 0.29) is 17.9 Å². The van der Waals surface area contributed by atoms with Crippen molar-refractivity contribution in [3.05, 3.63) is 29.8 Å². The van der Waals surface area contributed by atoms with E-state index in [0.717, 1.165) is 23.6 Å². The van der Waals surface area contributed by atoms with E-state index in [1.807, 2.05) is 31.2 Å². The second-order valence-electron chi connectivity index (χ2n) is 6.18. The number of fused-ring (bicyclic) bond motifs is 2. The molecule has 3 rings (SSSR count). The smallest absolute Gasteiger partial charge is 0.227 e. The van der Waals surface area contributed by atoms with Gasteiger partial charge in [0.25, 0.3) is 0 Å². The molecule has 0 radical (unpaired) electrons. The third-order valence-corrected chi connectivity index (χ3v) is 4.75. The maximum atomic E-state index is 12.3. The van der Waals surface area contributed by atoms with E-state index in [0.29, 0.717) is 5.92 Å². The normalized spacial score (nSPS) is 30.3. The minimum atomic E-state index is -0.000606. The summed E-state index contributed by atoms with van der Waals surface area (Å²) >= 11 is 0. The van der Waals surface area contributed by atoms with Gasteiger partial charge < -0.3 is 11.1 Å². The fourth-order valence-electron chi connectivity index (χ4n) is 3.70. The second-order valence-corrected chi connectivity index (χ2v) is 6.18. The van der Waals surface area contributed by atoms with Crippen molar-refractivity contribution < 1.29 is 4.79 Å². The first-order chi connectivity index (χ1) is 9.13. The number of hydrogen-bond donors (Lipinski definition) is 2. The molecule has 0 aliphatic heterocycles. The van der Waals surface area contributed by atoms with Gasteiger partial charge in [-0.3, -0.25) is 4.79 Å². The molecule has 0 heterocycles. The third kappa shape index (κ3) is 2.52. The van der Waals surface area contributed by atoms with E-state index in [2.05, 4.69) is 5.32 Å². The molecule has 0 saturated heterocycles. The monoisotopic (exact) mass is 258 g/mol. The van der Waals surface area contributed by atoms with Gasteiger partial charge in [-0.1, -0.05) is 18.6 Å². The SMILES string of the molecule is CC(N)c1cccc(NC(=O)C2CC3CCC2C3)c1. The molecule has 4 unspecified atom stereocenters. The number of benzene rings is 1. The molecule has 19 heavy (non-hydrogen) atoms. The third-order valence-electron chi connectivity index (χ3n) is 4.75. The molecule has 2 aliphatic carbocycles. The molecule has 3 nitrogen and oxygen atoms in total. The topological polar surface area (TPSA) is 55.1 Å². The van der Waals surface area contributed by atoms with Crippen molar-refractivity contribution >= 4 is 11.6 Å². The Morgan fingerprint density at radius 2 is 2.21 bits per heavy atom. The lowest BCUT2D eigenvalue weighted by Crippen LogP contribution is -2.27. The van der Waals surface area contributed by atoms with Crippen LogP contribution in [0.25, 0.3) is 0 Å². The van der Waals surface area contributed by atoms with Crippen LogP contribution in [0.4, 0.5) is 5.69 Å². The van der Waals surface area contributed by atoms with Crippen molar-refractivity contribution in [2.45, 2.75) is 38.6 Å². The Morgan fingerprint density at radius 3 is 2.84 bits per heavy atom. The maximum absolute atomic E-state index is 12.3. The van der Waals surface area contributed by atoms with Crippen LogP contribution in [0.15, 0.2) is 24.3 Å². The van der Waals surface area contributed by atoms with Crippen molar-refractivity contribution in [3.63, 3.8) is 0 Å². The molecule has 3 N–H and O–H groups in total. The van der Waals surface area contributed by atoms with E-state index in [4.69, 9.17) is 5.73 Å². The number of amides is 1. The van der Waals surface area contributed by atoms with E-state index >= 15 is 0 Å². The molecule has 3 heteroatoms. The Kier molecular flexibility index (Phi) is 3.31. The molecule has 1 aromatic rings.